The summed E-state index contributed by atoms with van der Waals surface area (Å²) in [4.78, 5) is 88.4. The molecular weight excluding hydrogens is 823 g/mol. The summed E-state index contributed by atoms with van der Waals surface area (Å²) in [6, 6.07) is -5.22. The van der Waals surface area contributed by atoms with Crippen molar-refractivity contribution in [2.45, 2.75) is 96.2 Å². The van der Waals surface area contributed by atoms with Crippen LogP contribution in [-0.4, -0.2) is 161 Å². The predicted molar refractivity (Wildman–Crippen MR) is 216 cm³/mol. The number of amides is 1. The molecule has 0 aliphatic carbocycles. The van der Waals surface area contributed by atoms with Crippen molar-refractivity contribution in [3.05, 3.63) is 0 Å². The van der Waals surface area contributed by atoms with Crippen LogP contribution < -0.4 is 51.2 Å². The van der Waals surface area contributed by atoms with Crippen LogP contribution in [0.5, 0.6) is 0 Å². The van der Waals surface area contributed by atoms with Gasteiger partial charge in [0.2, 0.25) is 5.91 Å². The SMILES string of the molecule is CC(C)[C@H](N)C(=O)O.CC(C)[C@H](N)C(=O)O.C[C@H](N)C(=O)O.NC(=O)C[C@H](N)C(=O)O.NCC(=O)O.N[C@@H](CS)C(=O)O.N[C@@H](CS)C(=O)O.O=C(O)[C@@H]1CCCN1. The van der Waals surface area contributed by atoms with Crippen LogP contribution in [0.25, 0.3) is 0 Å². The molecule has 0 aromatic carbocycles. The van der Waals surface area contributed by atoms with Crippen molar-refractivity contribution in [2.75, 3.05) is 24.6 Å². The van der Waals surface area contributed by atoms with Gasteiger partial charge in [-0.2, -0.15) is 25.3 Å². The third kappa shape index (κ3) is 55.9. The zero-order valence-corrected chi connectivity index (χ0v) is 34.7. The highest BCUT2D eigenvalue weighted by Crippen LogP contribution is 2.03. The highest BCUT2D eigenvalue weighted by atomic mass is 32.1. The number of nitrogens with two attached hydrogens (primary N) is 8. The van der Waals surface area contributed by atoms with Gasteiger partial charge in [-0.1, -0.05) is 27.7 Å². The summed E-state index contributed by atoms with van der Waals surface area (Å²) in [6.45, 7) is 9.11. The molecule has 0 radical (unpaired) electrons. The van der Waals surface area contributed by atoms with Crippen molar-refractivity contribution in [2.24, 2.45) is 57.7 Å². The van der Waals surface area contributed by atoms with Crippen LogP contribution in [0.3, 0.4) is 0 Å². The number of nitrogens with one attached hydrogen (secondary N) is 1. The van der Waals surface area contributed by atoms with Crippen LogP contribution in [0.2, 0.25) is 0 Å². The molecule has 1 saturated heterocycles. The first kappa shape index (κ1) is 68.3. The molecule has 1 rings (SSSR count). The lowest BCUT2D eigenvalue weighted by molar-refractivity contribution is -0.140. The maximum absolute atomic E-state index is 10.1. The Labute approximate surface area is 346 Å². The van der Waals surface area contributed by atoms with Crippen LogP contribution in [-0.2, 0) is 43.2 Å². The van der Waals surface area contributed by atoms with Crippen LogP contribution in [0.15, 0.2) is 0 Å². The van der Waals surface area contributed by atoms with Crippen molar-refractivity contribution >= 4 is 78.9 Å². The Balaban J connectivity index is -0.000000103. The van der Waals surface area contributed by atoms with E-state index in [0.29, 0.717) is 0 Å². The summed E-state index contributed by atoms with van der Waals surface area (Å²) in [7, 11) is 0. The van der Waals surface area contributed by atoms with Crippen LogP contribution in [0.4, 0.5) is 0 Å². The number of rotatable bonds is 14. The van der Waals surface area contributed by atoms with E-state index < -0.39 is 89.9 Å². The first-order valence-corrected chi connectivity index (χ1v) is 17.8. The standard InChI is InChI=1S/C5H9NO2.2C5H11NO2.C4H8N2O3.2C3H7NO2S.C3H7NO2.C2H5NO2/c7-5(8)4-2-1-3-6-4;2*1-3(2)4(6)5(7)8;5-2(4(8)9)1-3(6)7;2*4-2(1-7)3(5)6;1-2(4)3(5)6;3-1-2(4)5/h4,6H,1-3H2,(H,7,8);2*3-4H,6H2,1-2H3,(H,7,8);2H,1,5H2,(H2,6,7)(H,8,9);2*2,7H,1,4H2,(H,5,6);2H,4H2,1H3,(H,5,6);1,3H2,(H,4,5)/t3*4-;4*2-;/m0000000./s1. The molecule has 7 atom stereocenters. The van der Waals surface area contributed by atoms with Gasteiger partial charge in [-0.05, 0) is 38.1 Å². The Morgan fingerprint density at radius 1 is 0.586 bits per heavy atom. The molecule has 0 spiro atoms. The van der Waals surface area contributed by atoms with Crippen molar-refractivity contribution < 1.29 is 84.0 Å². The van der Waals surface area contributed by atoms with Gasteiger partial charge in [0, 0.05) is 11.5 Å². The molecule has 344 valence electrons. The quantitative estimate of drug-likeness (QED) is 0.0729. The van der Waals surface area contributed by atoms with Gasteiger partial charge < -0.3 is 92.0 Å². The van der Waals surface area contributed by atoms with Gasteiger partial charge in [0.1, 0.15) is 42.3 Å². The molecule has 1 aliphatic heterocycles. The van der Waals surface area contributed by atoms with Gasteiger partial charge in [0.05, 0.1) is 13.0 Å². The highest BCUT2D eigenvalue weighted by molar-refractivity contribution is 7.80. The van der Waals surface area contributed by atoms with Gasteiger partial charge in [0.15, 0.2) is 0 Å². The summed E-state index contributed by atoms with van der Waals surface area (Å²) < 4.78 is 0. The smallest absolute Gasteiger partial charge is 0.321 e. The first-order valence-electron chi connectivity index (χ1n) is 16.5. The van der Waals surface area contributed by atoms with Gasteiger partial charge in [-0.25, -0.2) is 0 Å². The fourth-order valence-corrected chi connectivity index (χ4v) is 2.24. The molecule has 1 fully saturated rings. The Morgan fingerprint density at radius 3 is 0.931 bits per heavy atom. The number of carboxylic acid groups (broad SMARTS) is 8. The number of carboxylic acids is 8. The molecule has 0 unspecified atom stereocenters. The van der Waals surface area contributed by atoms with Crippen LogP contribution in [0, 0.1) is 11.8 Å². The summed E-state index contributed by atoms with van der Waals surface area (Å²) in [5.74, 6) is -8.02. The molecule has 0 bridgehead atoms. The van der Waals surface area contributed by atoms with Crippen molar-refractivity contribution in [1.82, 2.24) is 5.32 Å². The molecule has 0 aromatic heterocycles. The second kappa shape index (κ2) is 42.2. The molecule has 1 amide bonds. The number of thiol groups is 2. The maximum atomic E-state index is 10.1. The second-order valence-corrected chi connectivity index (χ2v) is 12.5. The monoisotopic (exact) mass is 887 g/mol. The van der Waals surface area contributed by atoms with E-state index in [4.69, 9.17) is 75.3 Å². The van der Waals surface area contributed by atoms with E-state index in [2.05, 4.69) is 42.0 Å². The zero-order chi connectivity index (χ0) is 48.0. The third-order valence-electron chi connectivity index (χ3n) is 5.70. The molecule has 25 N–H and O–H groups in total. The fourth-order valence-electron chi connectivity index (χ4n) is 1.93. The van der Waals surface area contributed by atoms with E-state index in [1.165, 1.54) is 6.92 Å². The summed E-state index contributed by atoms with van der Waals surface area (Å²) >= 11 is 7.30. The lowest BCUT2D eigenvalue weighted by atomic mass is 10.1. The molecule has 28 heteroatoms. The summed E-state index contributed by atoms with van der Waals surface area (Å²) in [6.07, 6.45) is 1.47. The molecule has 1 aliphatic rings. The highest BCUT2D eigenvalue weighted by Gasteiger charge is 2.20. The average molecular weight is 888 g/mol. The Morgan fingerprint density at radius 2 is 0.879 bits per heavy atom. The van der Waals surface area contributed by atoms with Gasteiger partial charge in [-0.15, -0.1) is 0 Å². The van der Waals surface area contributed by atoms with E-state index >= 15 is 0 Å². The third-order valence-corrected chi connectivity index (χ3v) is 6.48. The summed E-state index contributed by atoms with van der Waals surface area (Å²) in [5, 5.41) is 67.2. The first-order chi connectivity index (χ1) is 26.2. The van der Waals surface area contributed by atoms with E-state index in [9.17, 15) is 43.2 Å². The largest absolute Gasteiger partial charge is 0.480 e. The molecule has 1 heterocycles. The van der Waals surface area contributed by atoms with E-state index in [1.807, 2.05) is 0 Å². The molecule has 0 saturated carbocycles. The second-order valence-electron chi connectivity index (χ2n) is 11.8. The van der Waals surface area contributed by atoms with E-state index in [-0.39, 0.29) is 42.3 Å². The molecule has 0 aromatic rings. The molecule has 26 nitrogen and oxygen atoms in total. The summed E-state index contributed by atoms with van der Waals surface area (Å²) in [5.41, 5.74) is 39.2. The van der Waals surface area contributed by atoms with E-state index in [0.717, 1.165) is 19.4 Å². The number of hydrogen-bond acceptors (Lipinski definition) is 19. The normalized spacial score (nSPS) is 15.0. The van der Waals surface area contributed by atoms with Crippen LogP contribution in [0.1, 0.15) is 53.9 Å². The Hall–Kier alpha value is -4.39. The lowest BCUT2D eigenvalue weighted by Crippen LogP contribution is -2.34. The molecular formula is C30H65N9O17S2. The average Bonchev–Trinajstić information content (AvgIpc) is 3.67. The minimum Gasteiger partial charge on any atom is -0.480 e. The Kier molecular flexibility index (Phi) is 49.7. The number of carbonyl (C=O) groups is 9. The van der Waals surface area contributed by atoms with Gasteiger partial charge in [0.25, 0.3) is 0 Å². The van der Waals surface area contributed by atoms with Crippen molar-refractivity contribution in [1.29, 1.82) is 0 Å². The minimum atomic E-state index is -1.21. The Bertz CT molecular complexity index is 1140. The molecule has 58 heavy (non-hydrogen) atoms. The van der Waals surface area contributed by atoms with Gasteiger partial charge >= 0.3 is 47.8 Å². The number of carbonyl (C=O) groups excluding carboxylic acids is 1. The van der Waals surface area contributed by atoms with E-state index in [1.54, 1.807) is 27.7 Å². The zero-order valence-electron chi connectivity index (χ0n) is 32.9. The predicted octanol–water partition coefficient (Wildman–Crippen LogP) is -4.69. The number of primary amides is 1. The fraction of sp³-hybridized carbons (Fsp3) is 0.700. The number of aliphatic carboxylic acids is 8. The maximum Gasteiger partial charge on any atom is 0.321 e. The minimum absolute atomic E-state index is 0.0208. The van der Waals surface area contributed by atoms with Crippen molar-refractivity contribution in [3.63, 3.8) is 0 Å². The number of hydrogen-bond donors (Lipinski definition) is 19. The lowest BCUT2D eigenvalue weighted by Gasteiger charge is -2.07. The van der Waals surface area contributed by atoms with Crippen LogP contribution >= 0.6 is 25.3 Å². The van der Waals surface area contributed by atoms with Crippen molar-refractivity contribution in [3.8, 4) is 0 Å². The van der Waals surface area contributed by atoms with Gasteiger partial charge in [-0.3, -0.25) is 43.2 Å². The topological polar surface area (TPSA) is 536 Å².